The minimum absolute atomic E-state index is 0.00515. The van der Waals surface area contributed by atoms with Crippen molar-refractivity contribution in [1.29, 1.82) is 0 Å². The van der Waals surface area contributed by atoms with E-state index >= 15 is 0 Å². The van der Waals surface area contributed by atoms with Crippen LogP contribution >= 0.6 is 7.60 Å². The zero-order valence-corrected chi connectivity index (χ0v) is 14.2. The van der Waals surface area contributed by atoms with Gasteiger partial charge in [0.2, 0.25) is 0 Å². The van der Waals surface area contributed by atoms with E-state index in [1.54, 1.807) is 50.2 Å². The van der Waals surface area contributed by atoms with Crippen molar-refractivity contribution in [2.45, 2.75) is 25.9 Å². The second-order valence-corrected chi connectivity index (χ2v) is 7.12. The standard InChI is InChI=1S/C17H21O5P/c1-3-21-23(19,22-4-2)17(16-11-8-12-20-16)13-15(18)14-9-6-5-7-10-14/h5-12,17H,3-4,13H2,1-2H3/t17-/m0/s1. The van der Waals surface area contributed by atoms with Crippen LogP contribution in [0.4, 0.5) is 0 Å². The van der Waals surface area contributed by atoms with E-state index in [0.29, 0.717) is 11.3 Å². The number of furan rings is 1. The molecule has 0 N–H and O–H groups in total. The van der Waals surface area contributed by atoms with Crippen molar-refractivity contribution in [1.82, 2.24) is 0 Å². The fourth-order valence-electron chi connectivity index (χ4n) is 2.34. The summed E-state index contributed by atoms with van der Waals surface area (Å²) in [4.78, 5) is 12.5. The maximum absolute atomic E-state index is 13.1. The Morgan fingerprint density at radius 1 is 1.09 bits per heavy atom. The van der Waals surface area contributed by atoms with Gasteiger partial charge in [-0.2, -0.15) is 0 Å². The van der Waals surface area contributed by atoms with Crippen molar-refractivity contribution in [2.75, 3.05) is 13.2 Å². The number of hydrogen-bond donors (Lipinski definition) is 0. The zero-order chi connectivity index (χ0) is 16.7. The van der Waals surface area contributed by atoms with Crippen LogP contribution in [0.5, 0.6) is 0 Å². The second kappa shape index (κ2) is 8.25. The van der Waals surface area contributed by atoms with Crippen LogP contribution in [0.3, 0.4) is 0 Å². The molecule has 2 aromatic rings. The van der Waals surface area contributed by atoms with Crippen LogP contribution in [0.2, 0.25) is 0 Å². The highest BCUT2D eigenvalue weighted by atomic mass is 31.2. The normalized spacial score (nSPS) is 13.0. The van der Waals surface area contributed by atoms with Gasteiger partial charge < -0.3 is 13.5 Å². The summed E-state index contributed by atoms with van der Waals surface area (Å²) in [5, 5.41) is 0. The molecule has 0 aliphatic carbocycles. The highest BCUT2D eigenvalue weighted by Gasteiger charge is 2.40. The minimum Gasteiger partial charge on any atom is -0.468 e. The number of rotatable bonds is 9. The highest BCUT2D eigenvalue weighted by Crippen LogP contribution is 2.62. The summed E-state index contributed by atoms with van der Waals surface area (Å²) in [5.74, 6) is 0.297. The smallest absolute Gasteiger partial charge is 0.341 e. The largest absolute Gasteiger partial charge is 0.468 e. The molecule has 0 spiro atoms. The topological polar surface area (TPSA) is 65.7 Å². The van der Waals surface area contributed by atoms with Crippen molar-refractivity contribution in [3.63, 3.8) is 0 Å². The first-order valence-electron chi connectivity index (χ1n) is 7.61. The van der Waals surface area contributed by atoms with Crippen molar-refractivity contribution in [3.05, 3.63) is 60.1 Å². The maximum Gasteiger partial charge on any atom is 0.341 e. The maximum atomic E-state index is 13.1. The van der Waals surface area contributed by atoms with E-state index in [-0.39, 0.29) is 25.4 Å². The molecule has 0 fully saturated rings. The fraction of sp³-hybridized carbons (Fsp3) is 0.353. The van der Waals surface area contributed by atoms with Gasteiger partial charge in [-0.05, 0) is 26.0 Å². The number of carbonyl (C=O) groups is 1. The lowest BCUT2D eigenvalue weighted by Gasteiger charge is -2.24. The Balaban J connectivity index is 2.31. The van der Waals surface area contributed by atoms with Gasteiger partial charge in [-0.1, -0.05) is 30.3 Å². The van der Waals surface area contributed by atoms with E-state index in [1.807, 2.05) is 6.07 Å². The van der Waals surface area contributed by atoms with Crippen LogP contribution in [0.1, 0.15) is 42.0 Å². The highest BCUT2D eigenvalue weighted by molar-refractivity contribution is 7.54. The molecule has 1 atom stereocenters. The summed E-state index contributed by atoms with van der Waals surface area (Å²) in [7, 11) is -3.51. The molecule has 0 aliphatic heterocycles. The Kier molecular flexibility index (Phi) is 6.34. The minimum atomic E-state index is -3.51. The molecule has 6 heteroatoms. The van der Waals surface area contributed by atoms with Crippen molar-refractivity contribution < 1.29 is 22.8 Å². The van der Waals surface area contributed by atoms with E-state index in [4.69, 9.17) is 13.5 Å². The number of carbonyl (C=O) groups excluding carboxylic acids is 1. The summed E-state index contributed by atoms with van der Waals surface area (Å²) in [6.45, 7) is 3.94. The van der Waals surface area contributed by atoms with Crippen molar-refractivity contribution >= 4 is 13.4 Å². The number of Topliss-reactive ketones (excluding diaryl/α,β-unsaturated/α-hetero) is 1. The van der Waals surface area contributed by atoms with E-state index in [2.05, 4.69) is 0 Å². The van der Waals surface area contributed by atoms with Gasteiger partial charge in [-0.15, -0.1) is 0 Å². The molecule has 1 heterocycles. The first kappa shape index (κ1) is 17.7. The van der Waals surface area contributed by atoms with Crippen LogP contribution in [-0.2, 0) is 13.6 Å². The third kappa shape index (κ3) is 4.41. The lowest BCUT2D eigenvalue weighted by molar-refractivity contribution is 0.0970. The van der Waals surface area contributed by atoms with Crippen LogP contribution < -0.4 is 0 Å². The fourth-order valence-corrected chi connectivity index (χ4v) is 4.35. The average Bonchev–Trinajstić information content (AvgIpc) is 3.07. The number of benzene rings is 1. The van der Waals surface area contributed by atoms with Crippen LogP contribution in [0.15, 0.2) is 53.1 Å². The van der Waals surface area contributed by atoms with E-state index in [0.717, 1.165) is 0 Å². The number of ketones is 1. The molecule has 0 saturated carbocycles. The van der Waals surface area contributed by atoms with Gasteiger partial charge in [-0.3, -0.25) is 9.36 Å². The molecule has 0 bridgehead atoms. The average molecular weight is 336 g/mol. The summed E-state index contributed by atoms with van der Waals surface area (Å²) in [6.07, 6.45) is 1.48. The third-order valence-corrected chi connectivity index (χ3v) is 5.78. The SMILES string of the molecule is CCOP(=O)(OCC)[C@@H](CC(=O)c1ccccc1)c1ccco1. The summed E-state index contributed by atoms with van der Waals surface area (Å²) in [6, 6.07) is 12.3. The van der Waals surface area contributed by atoms with Gasteiger partial charge >= 0.3 is 7.60 Å². The Bertz CT molecular complexity index is 641. The van der Waals surface area contributed by atoms with Gasteiger partial charge in [0.05, 0.1) is 19.5 Å². The van der Waals surface area contributed by atoms with Gasteiger partial charge in [0.1, 0.15) is 11.4 Å². The molecule has 0 radical (unpaired) electrons. The van der Waals surface area contributed by atoms with Gasteiger partial charge in [-0.25, -0.2) is 0 Å². The summed E-state index contributed by atoms with van der Waals surface area (Å²) in [5.41, 5.74) is -0.200. The molecule has 1 aromatic carbocycles. The Labute approximate surface area is 136 Å². The first-order valence-corrected chi connectivity index (χ1v) is 9.22. The lowest BCUT2D eigenvalue weighted by atomic mass is 10.1. The summed E-state index contributed by atoms with van der Waals surface area (Å²) < 4.78 is 29.3. The number of hydrogen-bond acceptors (Lipinski definition) is 5. The second-order valence-electron chi connectivity index (χ2n) is 4.90. The molecule has 0 amide bonds. The Morgan fingerprint density at radius 3 is 2.26 bits per heavy atom. The molecular formula is C17H21O5P. The predicted octanol–water partition coefficient (Wildman–Crippen LogP) is 4.86. The molecular weight excluding hydrogens is 315 g/mol. The molecule has 2 rings (SSSR count). The quantitative estimate of drug-likeness (QED) is 0.483. The van der Waals surface area contributed by atoms with Crippen LogP contribution in [0.25, 0.3) is 0 Å². The monoisotopic (exact) mass is 336 g/mol. The van der Waals surface area contributed by atoms with Gasteiger partial charge in [0.15, 0.2) is 5.78 Å². The molecule has 0 aliphatic rings. The molecule has 0 saturated heterocycles. The van der Waals surface area contributed by atoms with Crippen molar-refractivity contribution in [3.8, 4) is 0 Å². The Morgan fingerprint density at radius 2 is 1.74 bits per heavy atom. The van der Waals surface area contributed by atoms with Crippen molar-refractivity contribution in [2.24, 2.45) is 0 Å². The molecule has 124 valence electrons. The molecule has 1 aromatic heterocycles. The zero-order valence-electron chi connectivity index (χ0n) is 13.3. The van der Waals surface area contributed by atoms with Crippen LogP contribution in [-0.4, -0.2) is 19.0 Å². The van der Waals surface area contributed by atoms with E-state index in [9.17, 15) is 9.36 Å². The predicted molar refractivity (Wildman–Crippen MR) is 87.7 cm³/mol. The van der Waals surface area contributed by atoms with E-state index < -0.39 is 13.3 Å². The van der Waals surface area contributed by atoms with Gasteiger partial charge in [0.25, 0.3) is 0 Å². The Hall–Kier alpha value is -1.68. The lowest BCUT2D eigenvalue weighted by Crippen LogP contribution is -2.11. The summed E-state index contributed by atoms with van der Waals surface area (Å²) >= 11 is 0. The van der Waals surface area contributed by atoms with Crippen LogP contribution in [0, 0.1) is 0 Å². The molecule has 0 unspecified atom stereocenters. The molecule has 23 heavy (non-hydrogen) atoms. The van der Waals surface area contributed by atoms with Gasteiger partial charge in [0, 0.05) is 12.0 Å². The third-order valence-electron chi connectivity index (χ3n) is 3.35. The first-order chi connectivity index (χ1) is 11.1. The van der Waals surface area contributed by atoms with E-state index in [1.165, 1.54) is 6.26 Å². The molecule has 5 nitrogen and oxygen atoms in total.